The van der Waals surface area contributed by atoms with Crippen molar-refractivity contribution in [3.8, 4) is 0 Å². The molecular weight excluding hydrogens is 406 g/mol. The molecule has 1 fully saturated rings. The predicted octanol–water partition coefficient (Wildman–Crippen LogP) is 3.71. The van der Waals surface area contributed by atoms with E-state index in [2.05, 4.69) is 24.6 Å². The van der Waals surface area contributed by atoms with E-state index < -0.39 is 0 Å². The van der Waals surface area contributed by atoms with Gasteiger partial charge in [0.1, 0.15) is 5.82 Å². The van der Waals surface area contributed by atoms with Gasteiger partial charge in [0.05, 0.1) is 12.2 Å². The second-order valence-electron chi connectivity index (χ2n) is 7.10. The summed E-state index contributed by atoms with van der Waals surface area (Å²) < 4.78 is 4.50. The van der Waals surface area contributed by atoms with E-state index in [1.165, 1.54) is 11.5 Å². The average Bonchev–Trinajstić information content (AvgIpc) is 3.23. The number of hydrogen-bond acceptors (Lipinski definition) is 6. The molecule has 0 atom stereocenters. The van der Waals surface area contributed by atoms with Gasteiger partial charge < -0.3 is 10.2 Å². The van der Waals surface area contributed by atoms with E-state index in [1.807, 2.05) is 42.5 Å². The van der Waals surface area contributed by atoms with Gasteiger partial charge in [-0.1, -0.05) is 29.8 Å². The van der Waals surface area contributed by atoms with E-state index in [1.54, 1.807) is 6.20 Å². The van der Waals surface area contributed by atoms with Crippen LogP contribution in [0.4, 0.5) is 5.13 Å². The molecule has 0 bridgehead atoms. The van der Waals surface area contributed by atoms with Crippen LogP contribution < -0.4 is 10.2 Å². The van der Waals surface area contributed by atoms with Gasteiger partial charge in [0.25, 0.3) is 0 Å². The molecule has 0 saturated carbocycles. The topological polar surface area (TPSA) is 71.0 Å². The fourth-order valence-corrected chi connectivity index (χ4v) is 4.25. The molecule has 0 radical (unpaired) electrons. The van der Waals surface area contributed by atoms with Crippen molar-refractivity contribution in [2.24, 2.45) is 5.92 Å². The van der Waals surface area contributed by atoms with Crippen LogP contribution in [0.1, 0.15) is 29.9 Å². The van der Waals surface area contributed by atoms with Crippen molar-refractivity contribution >= 4 is 34.2 Å². The summed E-state index contributed by atoms with van der Waals surface area (Å²) in [6.45, 7) is 2.11. The number of carbonyl (C=O) groups is 1. The molecule has 1 N–H and O–H groups in total. The van der Waals surface area contributed by atoms with E-state index in [-0.39, 0.29) is 11.8 Å². The third kappa shape index (κ3) is 5.31. The number of nitrogens with zero attached hydrogens (tertiary/aromatic N) is 4. The fourth-order valence-electron chi connectivity index (χ4n) is 3.39. The Bertz CT molecular complexity index is 939. The number of pyridine rings is 1. The Kier molecular flexibility index (Phi) is 6.36. The summed E-state index contributed by atoms with van der Waals surface area (Å²) in [6.07, 6.45) is 4.07. The molecule has 1 aliphatic rings. The number of piperidine rings is 1. The van der Waals surface area contributed by atoms with E-state index >= 15 is 0 Å². The summed E-state index contributed by atoms with van der Waals surface area (Å²) in [5, 5.41) is 4.66. The lowest BCUT2D eigenvalue weighted by Gasteiger charge is -2.30. The molecule has 2 aromatic heterocycles. The SMILES string of the molecule is O=C(NCc1ccccn1)C1CCN(c2nc(Cc3ccc(Cl)cc3)ns2)CC1. The van der Waals surface area contributed by atoms with Gasteiger partial charge in [-0.2, -0.15) is 4.37 Å². The normalized spacial score (nSPS) is 14.7. The van der Waals surface area contributed by atoms with Gasteiger partial charge in [-0.25, -0.2) is 4.98 Å². The number of halogens is 1. The third-order valence-corrected chi connectivity index (χ3v) is 6.11. The van der Waals surface area contributed by atoms with Crippen LogP contribution in [-0.4, -0.2) is 33.3 Å². The van der Waals surface area contributed by atoms with Gasteiger partial charge in [-0.05, 0) is 42.7 Å². The molecule has 4 rings (SSSR count). The minimum Gasteiger partial charge on any atom is -0.350 e. The molecular formula is C21H22ClN5OS. The van der Waals surface area contributed by atoms with Gasteiger partial charge in [-0.15, -0.1) is 0 Å². The van der Waals surface area contributed by atoms with Crippen LogP contribution in [0.25, 0.3) is 0 Å². The van der Waals surface area contributed by atoms with Crippen LogP contribution in [0.3, 0.4) is 0 Å². The maximum atomic E-state index is 12.5. The Labute approximate surface area is 179 Å². The van der Waals surface area contributed by atoms with E-state index in [4.69, 9.17) is 11.6 Å². The first kappa shape index (κ1) is 19.8. The second kappa shape index (κ2) is 9.33. The third-order valence-electron chi connectivity index (χ3n) is 5.04. The zero-order valence-corrected chi connectivity index (χ0v) is 17.5. The Morgan fingerprint density at radius 3 is 2.69 bits per heavy atom. The standard InChI is InChI=1S/C21H22ClN5OS/c22-17-6-4-15(5-7-17)13-19-25-21(29-26-19)27-11-8-16(9-12-27)20(28)24-14-18-3-1-2-10-23-18/h1-7,10,16H,8-9,11-14H2,(H,24,28). The van der Waals surface area contributed by atoms with Crippen molar-refractivity contribution in [2.45, 2.75) is 25.8 Å². The first-order chi connectivity index (χ1) is 14.2. The Hall–Kier alpha value is -2.51. The lowest BCUT2D eigenvalue weighted by molar-refractivity contribution is -0.125. The highest BCUT2D eigenvalue weighted by Gasteiger charge is 2.26. The summed E-state index contributed by atoms with van der Waals surface area (Å²) >= 11 is 7.36. The minimum atomic E-state index is 0.0384. The smallest absolute Gasteiger partial charge is 0.223 e. The van der Waals surface area contributed by atoms with E-state index in [0.29, 0.717) is 13.0 Å². The molecule has 1 aromatic carbocycles. The molecule has 3 aromatic rings. The summed E-state index contributed by atoms with van der Waals surface area (Å²) in [7, 11) is 0. The lowest BCUT2D eigenvalue weighted by Crippen LogP contribution is -2.40. The van der Waals surface area contributed by atoms with Crippen molar-refractivity contribution in [2.75, 3.05) is 18.0 Å². The monoisotopic (exact) mass is 427 g/mol. The van der Waals surface area contributed by atoms with E-state index in [9.17, 15) is 4.79 Å². The molecule has 1 amide bonds. The molecule has 3 heterocycles. The van der Waals surface area contributed by atoms with E-state index in [0.717, 1.165) is 53.2 Å². The number of benzene rings is 1. The quantitative estimate of drug-likeness (QED) is 0.649. The number of rotatable bonds is 6. The van der Waals surface area contributed by atoms with Crippen LogP contribution in [0.5, 0.6) is 0 Å². The maximum absolute atomic E-state index is 12.5. The number of amides is 1. The Morgan fingerprint density at radius 1 is 1.17 bits per heavy atom. The average molecular weight is 428 g/mol. The molecule has 1 saturated heterocycles. The van der Waals surface area contributed by atoms with Crippen LogP contribution in [0, 0.1) is 5.92 Å². The highest BCUT2D eigenvalue weighted by atomic mass is 35.5. The summed E-state index contributed by atoms with van der Waals surface area (Å²) in [5.41, 5.74) is 2.02. The lowest BCUT2D eigenvalue weighted by atomic mass is 9.96. The van der Waals surface area contributed by atoms with Crippen molar-refractivity contribution in [1.29, 1.82) is 0 Å². The summed E-state index contributed by atoms with van der Waals surface area (Å²) in [4.78, 5) is 23.6. The summed E-state index contributed by atoms with van der Waals surface area (Å²) in [5.74, 6) is 0.968. The largest absolute Gasteiger partial charge is 0.350 e. The zero-order chi connectivity index (χ0) is 20.1. The fraction of sp³-hybridized carbons (Fsp3) is 0.333. The Balaban J connectivity index is 1.26. The maximum Gasteiger partial charge on any atom is 0.223 e. The van der Waals surface area contributed by atoms with Gasteiger partial charge >= 0.3 is 0 Å². The van der Waals surface area contributed by atoms with Gasteiger partial charge in [0.15, 0.2) is 0 Å². The zero-order valence-electron chi connectivity index (χ0n) is 15.9. The molecule has 0 aliphatic carbocycles. The number of aromatic nitrogens is 3. The van der Waals surface area contributed by atoms with Crippen LogP contribution >= 0.6 is 23.1 Å². The molecule has 29 heavy (non-hydrogen) atoms. The predicted molar refractivity (Wildman–Crippen MR) is 115 cm³/mol. The number of anilines is 1. The van der Waals surface area contributed by atoms with Crippen molar-refractivity contribution in [3.63, 3.8) is 0 Å². The molecule has 8 heteroatoms. The highest BCUT2D eigenvalue weighted by Crippen LogP contribution is 2.25. The van der Waals surface area contributed by atoms with Gasteiger partial charge in [0, 0.05) is 48.2 Å². The molecule has 6 nitrogen and oxygen atoms in total. The molecule has 0 unspecified atom stereocenters. The van der Waals surface area contributed by atoms with Crippen LogP contribution in [0.15, 0.2) is 48.7 Å². The number of carbonyl (C=O) groups excluding carboxylic acids is 1. The van der Waals surface area contributed by atoms with Crippen molar-refractivity contribution in [1.82, 2.24) is 19.7 Å². The number of hydrogen-bond donors (Lipinski definition) is 1. The van der Waals surface area contributed by atoms with Gasteiger partial charge in [0.2, 0.25) is 11.0 Å². The highest BCUT2D eigenvalue weighted by molar-refractivity contribution is 7.09. The Morgan fingerprint density at radius 2 is 1.97 bits per heavy atom. The van der Waals surface area contributed by atoms with Crippen LogP contribution in [0.2, 0.25) is 5.02 Å². The van der Waals surface area contributed by atoms with Gasteiger partial charge in [-0.3, -0.25) is 9.78 Å². The molecule has 1 aliphatic heterocycles. The first-order valence-corrected chi connectivity index (χ1v) is 10.8. The second-order valence-corrected chi connectivity index (χ2v) is 8.26. The minimum absolute atomic E-state index is 0.0384. The molecule has 0 spiro atoms. The molecule has 150 valence electrons. The van der Waals surface area contributed by atoms with Crippen molar-refractivity contribution < 1.29 is 4.79 Å². The first-order valence-electron chi connectivity index (χ1n) is 9.67. The van der Waals surface area contributed by atoms with Crippen LogP contribution in [-0.2, 0) is 17.8 Å². The summed E-state index contributed by atoms with van der Waals surface area (Å²) in [6, 6.07) is 13.5. The number of nitrogens with one attached hydrogen (secondary N) is 1. The van der Waals surface area contributed by atoms with Crippen molar-refractivity contribution in [3.05, 3.63) is 70.8 Å².